The number of rotatable bonds is 4. The first-order valence-electron chi connectivity index (χ1n) is 7.15. The van der Waals surface area contributed by atoms with E-state index in [4.69, 9.17) is 10.5 Å². The highest BCUT2D eigenvalue weighted by atomic mass is 16.5. The Morgan fingerprint density at radius 2 is 1.82 bits per heavy atom. The average molecular weight is 294 g/mol. The fraction of sp³-hybridized carbons (Fsp3) is 0.167. The van der Waals surface area contributed by atoms with Crippen molar-refractivity contribution < 1.29 is 9.53 Å². The molecule has 0 radical (unpaired) electrons. The quantitative estimate of drug-likeness (QED) is 0.802. The zero-order chi connectivity index (χ0) is 15.7. The molecule has 2 aromatic carbocycles. The Morgan fingerprint density at radius 1 is 1.14 bits per heavy atom. The van der Waals surface area contributed by atoms with Crippen LogP contribution >= 0.6 is 0 Å². The van der Waals surface area contributed by atoms with E-state index < -0.39 is 5.91 Å². The van der Waals surface area contributed by atoms with Gasteiger partial charge in [0.1, 0.15) is 11.4 Å². The Labute approximate surface area is 129 Å². The number of benzene rings is 2. The van der Waals surface area contributed by atoms with Gasteiger partial charge in [0.2, 0.25) is 0 Å². The molecule has 0 unspecified atom stereocenters. The van der Waals surface area contributed by atoms with Gasteiger partial charge in [0.05, 0.1) is 13.2 Å². The van der Waals surface area contributed by atoms with Crippen molar-refractivity contribution in [2.45, 2.75) is 13.0 Å². The summed E-state index contributed by atoms with van der Waals surface area (Å²) in [6.07, 6.45) is 0. The first kappa shape index (κ1) is 14.2. The number of aromatic nitrogens is 1. The second-order valence-corrected chi connectivity index (χ2v) is 5.27. The van der Waals surface area contributed by atoms with Crippen LogP contribution in [0.2, 0.25) is 0 Å². The Kier molecular flexibility index (Phi) is 3.59. The predicted octanol–water partition coefficient (Wildman–Crippen LogP) is 3.36. The molecule has 0 aliphatic rings. The topological polar surface area (TPSA) is 57.2 Å². The lowest BCUT2D eigenvalue weighted by atomic mass is 10.1. The van der Waals surface area contributed by atoms with Crippen molar-refractivity contribution in [3.63, 3.8) is 0 Å². The molecular weight excluding hydrogens is 276 g/mol. The van der Waals surface area contributed by atoms with Crippen LogP contribution in [0, 0.1) is 0 Å². The van der Waals surface area contributed by atoms with Crippen LogP contribution in [0.15, 0.2) is 54.6 Å². The van der Waals surface area contributed by atoms with Crippen LogP contribution in [0.25, 0.3) is 10.9 Å². The van der Waals surface area contributed by atoms with Crippen molar-refractivity contribution in [1.29, 1.82) is 0 Å². The maximum absolute atomic E-state index is 11.8. The lowest BCUT2D eigenvalue weighted by molar-refractivity contribution is 0.0991. The van der Waals surface area contributed by atoms with Crippen molar-refractivity contribution in [2.24, 2.45) is 5.73 Å². The van der Waals surface area contributed by atoms with Crippen molar-refractivity contribution in [2.75, 3.05) is 7.11 Å². The zero-order valence-electron chi connectivity index (χ0n) is 12.6. The third-order valence-electron chi connectivity index (χ3n) is 3.99. The van der Waals surface area contributed by atoms with Gasteiger partial charge in [-0.05, 0) is 36.8 Å². The molecule has 2 N–H and O–H groups in total. The van der Waals surface area contributed by atoms with E-state index >= 15 is 0 Å². The molecular formula is C18H18N2O2. The molecule has 22 heavy (non-hydrogen) atoms. The van der Waals surface area contributed by atoms with Gasteiger partial charge in [-0.25, -0.2) is 0 Å². The summed E-state index contributed by atoms with van der Waals surface area (Å²) in [6, 6.07) is 17.6. The first-order valence-corrected chi connectivity index (χ1v) is 7.15. The van der Waals surface area contributed by atoms with E-state index in [9.17, 15) is 4.79 Å². The fourth-order valence-corrected chi connectivity index (χ4v) is 2.81. The molecule has 4 nitrogen and oxygen atoms in total. The number of nitrogens with zero attached hydrogens (tertiary/aromatic N) is 1. The molecule has 4 heteroatoms. The van der Waals surface area contributed by atoms with Crippen molar-refractivity contribution in [3.8, 4) is 5.75 Å². The van der Waals surface area contributed by atoms with E-state index in [0.29, 0.717) is 5.69 Å². The van der Waals surface area contributed by atoms with E-state index in [1.807, 2.05) is 59.2 Å². The number of nitrogens with two attached hydrogens (primary N) is 1. The summed E-state index contributed by atoms with van der Waals surface area (Å²) in [6.45, 7) is 2.06. The van der Waals surface area contributed by atoms with Crippen molar-refractivity contribution in [3.05, 3.63) is 65.9 Å². The molecule has 1 aromatic heterocycles. The number of methoxy groups -OCH3 is 1. The number of primary amides is 1. The highest BCUT2D eigenvalue weighted by Gasteiger charge is 2.18. The fourth-order valence-electron chi connectivity index (χ4n) is 2.81. The smallest absolute Gasteiger partial charge is 0.265 e. The Balaban J connectivity index is 2.14. The largest absolute Gasteiger partial charge is 0.497 e. The van der Waals surface area contributed by atoms with Crippen LogP contribution in [0.5, 0.6) is 5.75 Å². The first-order chi connectivity index (χ1) is 10.6. The number of amides is 1. The van der Waals surface area contributed by atoms with Crippen LogP contribution in [0.1, 0.15) is 29.0 Å². The van der Waals surface area contributed by atoms with Crippen molar-refractivity contribution >= 4 is 16.8 Å². The van der Waals surface area contributed by atoms with Gasteiger partial charge < -0.3 is 15.0 Å². The minimum atomic E-state index is -0.420. The standard InChI is InChI=1S/C18H18N2O2/c1-12(13-7-9-15(22-2)10-8-13)20-16-6-4-3-5-14(16)11-17(20)18(19)21/h3-12H,1-2H3,(H2,19,21)/t12-/m0/s1. The molecule has 0 aliphatic carbocycles. The molecule has 0 spiro atoms. The number of carbonyl (C=O) groups excluding carboxylic acids is 1. The number of hydrogen-bond donors (Lipinski definition) is 1. The van der Waals surface area contributed by atoms with Gasteiger partial charge in [-0.15, -0.1) is 0 Å². The molecule has 0 fully saturated rings. The normalized spacial score (nSPS) is 12.3. The molecule has 0 saturated carbocycles. The van der Waals surface area contributed by atoms with Crippen LogP contribution in [-0.4, -0.2) is 17.6 Å². The zero-order valence-corrected chi connectivity index (χ0v) is 12.6. The molecule has 0 saturated heterocycles. The van der Waals surface area contributed by atoms with Crippen LogP contribution in [0.4, 0.5) is 0 Å². The number of hydrogen-bond acceptors (Lipinski definition) is 2. The van der Waals surface area contributed by atoms with Crippen LogP contribution in [0.3, 0.4) is 0 Å². The molecule has 1 atom stereocenters. The van der Waals surface area contributed by atoms with Gasteiger partial charge in [-0.3, -0.25) is 4.79 Å². The van der Waals surface area contributed by atoms with Gasteiger partial charge in [0.15, 0.2) is 0 Å². The second kappa shape index (κ2) is 5.56. The monoisotopic (exact) mass is 294 g/mol. The minimum Gasteiger partial charge on any atom is -0.497 e. The van der Waals surface area contributed by atoms with Gasteiger partial charge in [-0.2, -0.15) is 0 Å². The summed E-state index contributed by atoms with van der Waals surface area (Å²) < 4.78 is 7.18. The van der Waals surface area contributed by atoms with E-state index in [1.165, 1.54) is 0 Å². The van der Waals surface area contributed by atoms with Gasteiger partial charge in [-0.1, -0.05) is 30.3 Å². The average Bonchev–Trinajstić information content (AvgIpc) is 2.94. The third-order valence-corrected chi connectivity index (χ3v) is 3.99. The molecule has 112 valence electrons. The van der Waals surface area contributed by atoms with Crippen LogP contribution < -0.4 is 10.5 Å². The highest BCUT2D eigenvalue weighted by Crippen LogP contribution is 2.28. The highest BCUT2D eigenvalue weighted by molar-refractivity contribution is 5.98. The molecule has 3 rings (SSSR count). The number of carbonyl (C=O) groups is 1. The Morgan fingerprint density at radius 3 is 2.45 bits per heavy atom. The number of para-hydroxylation sites is 1. The van der Waals surface area contributed by atoms with E-state index in [2.05, 4.69) is 6.92 Å². The summed E-state index contributed by atoms with van der Waals surface area (Å²) in [4.78, 5) is 11.8. The molecule has 1 heterocycles. The number of fused-ring (bicyclic) bond motifs is 1. The van der Waals surface area contributed by atoms with E-state index in [-0.39, 0.29) is 6.04 Å². The van der Waals surface area contributed by atoms with E-state index in [1.54, 1.807) is 7.11 Å². The Bertz CT molecular complexity index is 819. The number of ether oxygens (including phenoxy) is 1. The Hall–Kier alpha value is -2.75. The molecule has 3 aromatic rings. The summed E-state index contributed by atoms with van der Waals surface area (Å²) in [5.41, 5.74) is 8.17. The third kappa shape index (κ3) is 2.33. The van der Waals surface area contributed by atoms with Gasteiger partial charge in [0, 0.05) is 10.9 Å². The van der Waals surface area contributed by atoms with Gasteiger partial charge in [0.25, 0.3) is 5.91 Å². The van der Waals surface area contributed by atoms with Crippen molar-refractivity contribution in [1.82, 2.24) is 4.57 Å². The summed E-state index contributed by atoms with van der Waals surface area (Å²) in [5, 5.41) is 1.01. The maximum atomic E-state index is 11.8. The molecule has 0 bridgehead atoms. The summed E-state index contributed by atoms with van der Waals surface area (Å²) in [5.74, 6) is 0.389. The van der Waals surface area contributed by atoms with Gasteiger partial charge >= 0.3 is 0 Å². The second-order valence-electron chi connectivity index (χ2n) is 5.27. The SMILES string of the molecule is COc1ccc([C@H](C)n2c(C(N)=O)cc3ccccc32)cc1. The summed E-state index contributed by atoms with van der Waals surface area (Å²) in [7, 11) is 1.64. The molecule has 1 amide bonds. The van der Waals surface area contributed by atoms with E-state index in [0.717, 1.165) is 22.2 Å². The predicted molar refractivity (Wildman–Crippen MR) is 87.3 cm³/mol. The lowest BCUT2D eigenvalue weighted by Crippen LogP contribution is -2.19. The van der Waals surface area contributed by atoms with Crippen LogP contribution in [-0.2, 0) is 0 Å². The lowest BCUT2D eigenvalue weighted by Gasteiger charge is -2.18. The maximum Gasteiger partial charge on any atom is 0.265 e. The minimum absolute atomic E-state index is 0.00620. The molecule has 0 aliphatic heterocycles. The summed E-state index contributed by atoms with van der Waals surface area (Å²) >= 11 is 0.